The number of benzene rings is 1. The Morgan fingerprint density at radius 2 is 1.91 bits per heavy atom. The third kappa shape index (κ3) is 5.48. The summed E-state index contributed by atoms with van der Waals surface area (Å²) in [6.45, 7) is 0. The molecule has 0 spiro atoms. The van der Waals surface area contributed by atoms with Crippen molar-refractivity contribution in [3.05, 3.63) is 59.4 Å². The lowest BCUT2D eigenvalue weighted by atomic mass is 10.1. The molecule has 0 bridgehead atoms. The summed E-state index contributed by atoms with van der Waals surface area (Å²) in [5, 5.41) is 3.80. The number of alkyl halides is 2. The van der Waals surface area contributed by atoms with E-state index in [1.165, 1.54) is 6.08 Å². The number of aromatic nitrogens is 2. The van der Waals surface area contributed by atoms with Crippen LogP contribution < -0.4 is 10.1 Å². The standard InChI is InChI=1S/C22H23F2N3O4S/c1-32(29,30)12-11-18(14-7-8-14)26-19(28)17-13-25-21(22(23,24)15-9-10-15)27-20(17)31-16-5-3-2-4-6-16/h2-6,11-15,18H,7-10H2,1H3,(H,26,28)/b12-11+/t18-/m1/s1. The van der Waals surface area contributed by atoms with E-state index in [-0.39, 0.29) is 17.4 Å². The molecule has 2 aliphatic carbocycles. The summed E-state index contributed by atoms with van der Waals surface area (Å²) in [5.41, 5.74) is -0.109. The second-order valence-electron chi connectivity index (χ2n) is 8.22. The molecule has 1 aromatic heterocycles. The van der Waals surface area contributed by atoms with E-state index in [9.17, 15) is 22.0 Å². The number of nitrogens with zero attached hydrogens (tertiary/aromatic N) is 2. The van der Waals surface area contributed by atoms with Crippen LogP contribution in [0.25, 0.3) is 0 Å². The number of para-hydroxylation sites is 1. The monoisotopic (exact) mass is 463 g/mol. The number of carbonyl (C=O) groups is 1. The van der Waals surface area contributed by atoms with Gasteiger partial charge in [-0.05, 0) is 43.7 Å². The summed E-state index contributed by atoms with van der Waals surface area (Å²) >= 11 is 0. The molecule has 32 heavy (non-hydrogen) atoms. The van der Waals surface area contributed by atoms with Crippen LogP contribution in [0.4, 0.5) is 8.78 Å². The number of amides is 1. The van der Waals surface area contributed by atoms with Gasteiger partial charge < -0.3 is 10.1 Å². The molecule has 1 heterocycles. The number of nitrogens with one attached hydrogen (secondary N) is 1. The van der Waals surface area contributed by atoms with Crippen molar-refractivity contribution >= 4 is 15.7 Å². The molecule has 0 aliphatic heterocycles. The zero-order valence-electron chi connectivity index (χ0n) is 17.4. The average Bonchev–Trinajstić information content (AvgIpc) is 3.63. The first kappa shape index (κ1) is 22.3. The van der Waals surface area contributed by atoms with Crippen LogP contribution in [0.5, 0.6) is 11.6 Å². The maximum Gasteiger partial charge on any atom is 0.309 e. The molecule has 2 aromatic rings. The number of hydrogen-bond donors (Lipinski definition) is 1. The minimum Gasteiger partial charge on any atom is -0.438 e. The Bertz CT molecular complexity index is 1130. The van der Waals surface area contributed by atoms with Gasteiger partial charge in [0.25, 0.3) is 5.91 Å². The van der Waals surface area contributed by atoms with Crippen LogP contribution in [-0.4, -0.2) is 36.6 Å². The van der Waals surface area contributed by atoms with E-state index in [0.29, 0.717) is 18.6 Å². The molecule has 7 nitrogen and oxygen atoms in total. The topological polar surface area (TPSA) is 98.2 Å². The molecule has 4 rings (SSSR count). The van der Waals surface area contributed by atoms with E-state index >= 15 is 0 Å². The Hall–Kier alpha value is -2.88. The molecule has 1 N–H and O–H groups in total. The minimum absolute atomic E-state index is 0.106. The molecule has 2 aliphatic rings. The highest BCUT2D eigenvalue weighted by molar-refractivity contribution is 7.93. The molecular weight excluding hydrogens is 440 g/mol. The van der Waals surface area contributed by atoms with Gasteiger partial charge in [-0.3, -0.25) is 4.79 Å². The summed E-state index contributed by atoms with van der Waals surface area (Å²) < 4.78 is 57.8. The molecule has 2 saturated carbocycles. The fraction of sp³-hybridized carbons (Fsp3) is 0.409. The highest BCUT2D eigenvalue weighted by atomic mass is 32.2. The molecule has 0 radical (unpaired) electrons. The SMILES string of the molecule is CS(=O)(=O)/C=C/[C@@H](NC(=O)c1cnc(C(F)(F)C2CC2)nc1Oc1ccccc1)C1CC1. The number of hydrogen-bond acceptors (Lipinski definition) is 6. The molecule has 1 amide bonds. The van der Waals surface area contributed by atoms with Gasteiger partial charge in [-0.25, -0.2) is 13.4 Å². The van der Waals surface area contributed by atoms with E-state index in [2.05, 4.69) is 15.3 Å². The number of carbonyl (C=O) groups excluding carboxylic acids is 1. The van der Waals surface area contributed by atoms with Crippen molar-refractivity contribution in [1.82, 2.24) is 15.3 Å². The van der Waals surface area contributed by atoms with Gasteiger partial charge in [0, 0.05) is 23.8 Å². The molecule has 10 heteroatoms. The van der Waals surface area contributed by atoms with Gasteiger partial charge in [-0.2, -0.15) is 13.8 Å². The van der Waals surface area contributed by atoms with Gasteiger partial charge in [-0.1, -0.05) is 24.3 Å². The van der Waals surface area contributed by atoms with Crippen molar-refractivity contribution in [2.75, 3.05) is 6.26 Å². The van der Waals surface area contributed by atoms with Gasteiger partial charge in [0.2, 0.25) is 11.7 Å². The minimum atomic E-state index is -3.36. The van der Waals surface area contributed by atoms with Crippen LogP contribution in [0.1, 0.15) is 41.9 Å². The molecule has 0 saturated heterocycles. The molecular formula is C22H23F2N3O4S. The van der Waals surface area contributed by atoms with E-state index in [0.717, 1.165) is 30.7 Å². The predicted molar refractivity (Wildman–Crippen MR) is 113 cm³/mol. The van der Waals surface area contributed by atoms with Crippen molar-refractivity contribution < 1.29 is 26.7 Å². The summed E-state index contributed by atoms with van der Waals surface area (Å²) in [6, 6.07) is 7.88. The Labute approximate surface area is 184 Å². The second kappa shape index (κ2) is 8.57. The van der Waals surface area contributed by atoms with Gasteiger partial charge in [0.15, 0.2) is 9.84 Å². The van der Waals surface area contributed by atoms with Crippen LogP contribution in [0, 0.1) is 11.8 Å². The molecule has 1 aromatic carbocycles. The fourth-order valence-electron chi connectivity index (χ4n) is 3.22. The summed E-state index contributed by atoms with van der Waals surface area (Å²) in [7, 11) is -3.36. The van der Waals surface area contributed by atoms with Crippen LogP contribution >= 0.6 is 0 Å². The van der Waals surface area contributed by atoms with Gasteiger partial charge in [-0.15, -0.1) is 0 Å². The maximum atomic E-state index is 14.6. The predicted octanol–water partition coefficient (Wildman–Crippen LogP) is 3.84. The van der Waals surface area contributed by atoms with Crippen molar-refractivity contribution in [1.29, 1.82) is 0 Å². The second-order valence-corrected chi connectivity index (χ2v) is 10.2. The Morgan fingerprint density at radius 1 is 1.22 bits per heavy atom. The normalized spacial score (nSPS) is 17.8. The van der Waals surface area contributed by atoms with E-state index < -0.39 is 39.5 Å². The van der Waals surface area contributed by atoms with E-state index in [1.54, 1.807) is 30.3 Å². The highest BCUT2D eigenvalue weighted by Crippen LogP contribution is 2.48. The van der Waals surface area contributed by atoms with Crippen molar-refractivity contribution in [3.63, 3.8) is 0 Å². The number of sulfone groups is 1. The first-order chi connectivity index (χ1) is 15.1. The lowest BCUT2D eigenvalue weighted by Crippen LogP contribution is -2.35. The zero-order chi connectivity index (χ0) is 22.9. The van der Waals surface area contributed by atoms with Crippen molar-refractivity contribution in [2.24, 2.45) is 11.8 Å². The largest absolute Gasteiger partial charge is 0.438 e. The Morgan fingerprint density at radius 3 is 2.50 bits per heavy atom. The summed E-state index contributed by atoms with van der Waals surface area (Å²) in [4.78, 5) is 20.7. The number of halogens is 2. The van der Waals surface area contributed by atoms with Crippen LogP contribution in [0.2, 0.25) is 0 Å². The van der Waals surface area contributed by atoms with Crippen LogP contribution in [-0.2, 0) is 15.8 Å². The van der Waals surface area contributed by atoms with Crippen molar-refractivity contribution in [2.45, 2.75) is 37.6 Å². The molecule has 2 fully saturated rings. The average molecular weight is 464 g/mol. The van der Waals surface area contributed by atoms with Gasteiger partial charge >= 0.3 is 5.92 Å². The lowest BCUT2D eigenvalue weighted by Gasteiger charge is -2.18. The van der Waals surface area contributed by atoms with Crippen LogP contribution in [0.15, 0.2) is 48.0 Å². The highest BCUT2D eigenvalue weighted by Gasteiger charge is 2.50. The molecule has 170 valence electrons. The molecule has 1 atom stereocenters. The summed E-state index contributed by atoms with van der Waals surface area (Å²) in [5.74, 6) is -5.18. The first-order valence-corrected chi connectivity index (χ1v) is 12.3. The lowest BCUT2D eigenvalue weighted by molar-refractivity contribution is -0.0379. The third-order valence-electron chi connectivity index (χ3n) is 5.31. The zero-order valence-corrected chi connectivity index (χ0v) is 18.2. The Balaban J connectivity index is 1.63. The quantitative estimate of drug-likeness (QED) is 0.607. The van der Waals surface area contributed by atoms with Gasteiger partial charge in [0.1, 0.15) is 11.3 Å². The number of ether oxygens (including phenoxy) is 1. The van der Waals surface area contributed by atoms with Gasteiger partial charge in [0.05, 0.1) is 6.04 Å². The summed E-state index contributed by atoms with van der Waals surface area (Å²) in [6.07, 6.45) is 6.00. The van der Waals surface area contributed by atoms with Crippen LogP contribution in [0.3, 0.4) is 0 Å². The van der Waals surface area contributed by atoms with E-state index in [4.69, 9.17) is 4.74 Å². The fourth-order valence-corrected chi connectivity index (χ4v) is 3.68. The van der Waals surface area contributed by atoms with Crippen molar-refractivity contribution in [3.8, 4) is 11.6 Å². The third-order valence-corrected chi connectivity index (χ3v) is 5.96. The number of rotatable bonds is 9. The first-order valence-electron chi connectivity index (χ1n) is 10.3. The smallest absolute Gasteiger partial charge is 0.309 e. The Kier molecular flexibility index (Phi) is 5.98. The maximum absolute atomic E-state index is 14.6. The molecule has 0 unspecified atom stereocenters. The van der Waals surface area contributed by atoms with E-state index in [1.807, 2.05) is 0 Å².